The normalized spacial score (nSPS) is 10.5. The third kappa shape index (κ3) is 2.97. The number of amides is 1. The second-order valence-electron chi connectivity index (χ2n) is 2.92. The van der Waals surface area contributed by atoms with Crippen LogP contribution in [0.15, 0.2) is 5.38 Å². The summed E-state index contributed by atoms with van der Waals surface area (Å²) in [6.45, 7) is 3.68. The highest BCUT2D eigenvalue weighted by atomic mass is 35.5. The van der Waals surface area contributed by atoms with E-state index in [9.17, 15) is 4.79 Å². The molecular formula is C8H11ClN2OS. The number of carbonyl (C=O) groups excluding carboxylic acids is 1. The van der Waals surface area contributed by atoms with Crippen molar-refractivity contribution in [3.63, 3.8) is 0 Å². The zero-order valence-corrected chi connectivity index (χ0v) is 9.08. The number of nitrogens with zero attached hydrogens (tertiary/aromatic N) is 1. The summed E-state index contributed by atoms with van der Waals surface area (Å²) < 4.78 is 0. The number of anilines is 1. The van der Waals surface area contributed by atoms with Crippen molar-refractivity contribution >= 4 is 34.0 Å². The van der Waals surface area contributed by atoms with E-state index in [1.54, 1.807) is 0 Å². The van der Waals surface area contributed by atoms with Gasteiger partial charge in [0.25, 0.3) is 0 Å². The summed E-state index contributed by atoms with van der Waals surface area (Å²) in [5.41, 5.74) is 0.797. The molecule has 0 unspecified atom stereocenters. The molecule has 0 aliphatic heterocycles. The van der Waals surface area contributed by atoms with E-state index in [-0.39, 0.29) is 11.8 Å². The van der Waals surface area contributed by atoms with Gasteiger partial charge in [0, 0.05) is 11.3 Å². The van der Waals surface area contributed by atoms with Gasteiger partial charge in [0.2, 0.25) is 5.91 Å². The molecule has 0 saturated carbocycles. The molecular weight excluding hydrogens is 208 g/mol. The van der Waals surface area contributed by atoms with Crippen LogP contribution in [0.25, 0.3) is 0 Å². The van der Waals surface area contributed by atoms with Gasteiger partial charge in [-0.25, -0.2) is 4.98 Å². The largest absolute Gasteiger partial charge is 0.302 e. The van der Waals surface area contributed by atoms with Crippen LogP contribution in [0.1, 0.15) is 19.5 Å². The molecule has 0 aliphatic rings. The van der Waals surface area contributed by atoms with Crippen molar-refractivity contribution in [3.05, 3.63) is 11.1 Å². The summed E-state index contributed by atoms with van der Waals surface area (Å²) >= 11 is 6.96. The Labute approximate surface area is 86.1 Å². The lowest BCUT2D eigenvalue weighted by atomic mass is 10.2. The number of hydrogen-bond acceptors (Lipinski definition) is 3. The molecule has 5 heteroatoms. The molecule has 0 atom stereocenters. The highest BCUT2D eigenvalue weighted by Gasteiger charge is 2.09. The molecule has 0 fully saturated rings. The number of halogens is 1. The standard InChI is InChI=1S/C8H11ClN2OS/c1-5(2)7(12)11-8-10-6(3-9)4-13-8/h4-5H,3H2,1-2H3,(H,10,11,12). The van der Waals surface area contributed by atoms with Crippen molar-refractivity contribution in [1.29, 1.82) is 0 Å². The molecule has 13 heavy (non-hydrogen) atoms. The van der Waals surface area contributed by atoms with Crippen molar-refractivity contribution in [3.8, 4) is 0 Å². The number of rotatable bonds is 3. The minimum Gasteiger partial charge on any atom is -0.302 e. The monoisotopic (exact) mass is 218 g/mol. The smallest absolute Gasteiger partial charge is 0.228 e. The molecule has 0 bridgehead atoms. The Bertz CT molecular complexity index is 298. The Kier molecular flexibility index (Phi) is 3.69. The van der Waals surface area contributed by atoms with Crippen LogP contribution in [0.2, 0.25) is 0 Å². The number of nitrogens with one attached hydrogen (secondary N) is 1. The first-order chi connectivity index (χ1) is 6.13. The van der Waals surface area contributed by atoms with E-state index >= 15 is 0 Å². The zero-order chi connectivity index (χ0) is 9.84. The van der Waals surface area contributed by atoms with Gasteiger partial charge in [0.15, 0.2) is 5.13 Å². The van der Waals surface area contributed by atoms with Crippen molar-refractivity contribution in [2.75, 3.05) is 5.32 Å². The van der Waals surface area contributed by atoms with Gasteiger partial charge in [-0.3, -0.25) is 4.79 Å². The van der Waals surface area contributed by atoms with Crippen LogP contribution in [-0.2, 0) is 10.7 Å². The van der Waals surface area contributed by atoms with E-state index in [0.29, 0.717) is 11.0 Å². The summed E-state index contributed by atoms with van der Waals surface area (Å²) in [4.78, 5) is 15.3. The molecule has 0 spiro atoms. The van der Waals surface area contributed by atoms with Gasteiger partial charge in [0.1, 0.15) is 0 Å². The average Bonchev–Trinajstić information content (AvgIpc) is 2.52. The number of alkyl halides is 1. The van der Waals surface area contributed by atoms with E-state index < -0.39 is 0 Å². The maximum atomic E-state index is 11.2. The molecule has 0 aliphatic carbocycles. The summed E-state index contributed by atoms with van der Waals surface area (Å²) in [5, 5.41) is 5.16. The second kappa shape index (κ2) is 4.58. The van der Waals surface area contributed by atoms with Crippen molar-refractivity contribution < 1.29 is 4.79 Å². The molecule has 72 valence electrons. The lowest BCUT2D eigenvalue weighted by Gasteiger charge is -2.02. The van der Waals surface area contributed by atoms with Crippen LogP contribution < -0.4 is 5.32 Å². The molecule has 0 saturated heterocycles. The van der Waals surface area contributed by atoms with Gasteiger partial charge in [-0.1, -0.05) is 13.8 Å². The van der Waals surface area contributed by atoms with Gasteiger partial charge in [0.05, 0.1) is 11.6 Å². The quantitative estimate of drug-likeness (QED) is 0.792. The molecule has 1 amide bonds. The number of carbonyl (C=O) groups is 1. The molecule has 1 aromatic rings. The SMILES string of the molecule is CC(C)C(=O)Nc1nc(CCl)cs1. The molecule has 3 nitrogen and oxygen atoms in total. The van der Waals surface area contributed by atoms with Gasteiger partial charge in [-0.05, 0) is 0 Å². The predicted molar refractivity (Wildman–Crippen MR) is 55.1 cm³/mol. The Hall–Kier alpha value is -0.610. The highest BCUT2D eigenvalue weighted by molar-refractivity contribution is 7.13. The van der Waals surface area contributed by atoms with Crippen molar-refractivity contribution in [2.24, 2.45) is 5.92 Å². The first-order valence-corrected chi connectivity index (χ1v) is 5.36. The predicted octanol–water partition coefficient (Wildman–Crippen LogP) is 2.48. The summed E-state index contributed by atoms with van der Waals surface area (Å²) in [7, 11) is 0. The minimum absolute atomic E-state index is 0.0181. The van der Waals surface area contributed by atoms with Crippen LogP contribution in [0.3, 0.4) is 0 Å². The molecule has 0 radical (unpaired) electrons. The Morgan fingerprint density at radius 2 is 2.46 bits per heavy atom. The molecule has 1 aromatic heterocycles. The maximum absolute atomic E-state index is 11.2. The lowest BCUT2D eigenvalue weighted by Crippen LogP contribution is -2.17. The fourth-order valence-electron chi connectivity index (χ4n) is 0.675. The third-order valence-corrected chi connectivity index (χ3v) is 2.52. The van der Waals surface area contributed by atoms with E-state index in [4.69, 9.17) is 11.6 Å². The second-order valence-corrected chi connectivity index (χ2v) is 4.05. The number of hydrogen-bond donors (Lipinski definition) is 1. The van der Waals surface area contributed by atoms with E-state index in [1.807, 2.05) is 19.2 Å². The number of thiazole rings is 1. The minimum atomic E-state index is -0.0247. The molecule has 1 rings (SSSR count). The Balaban J connectivity index is 2.59. The molecule has 0 aromatic carbocycles. The Morgan fingerprint density at radius 3 is 2.92 bits per heavy atom. The summed E-state index contributed by atoms with van der Waals surface area (Å²) in [5.74, 6) is 0.340. The number of aromatic nitrogens is 1. The van der Waals surface area contributed by atoms with E-state index in [1.165, 1.54) is 11.3 Å². The zero-order valence-electron chi connectivity index (χ0n) is 7.50. The van der Waals surface area contributed by atoms with Crippen molar-refractivity contribution in [2.45, 2.75) is 19.7 Å². The first-order valence-electron chi connectivity index (χ1n) is 3.94. The van der Waals surface area contributed by atoms with Crippen molar-refractivity contribution in [1.82, 2.24) is 4.98 Å². The summed E-state index contributed by atoms with van der Waals surface area (Å²) in [6.07, 6.45) is 0. The topological polar surface area (TPSA) is 42.0 Å². The van der Waals surface area contributed by atoms with E-state index in [2.05, 4.69) is 10.3 Å². The first kappa shape index (κ1) is 10.5. The Morgan fingerprint density at radius 1 is 1.77 bits per heavy atom. The van der Waals surface area contributed by atoms with Gasteiger partial charge >= 0.3 is 0 Å². The average molecular weight is 219 g/mol. The molecule has 1 heterocycles. The maximum Gasteiger partial charge on any atom is 0.228 e. The van der Waals surface area contributed by atoms with Crippen LogP contribution in [0.5, 0.6) is 0 Å². The fourth-order valence-corrected chi connectivity index (χ4v) is 1.62. The van der Waals surface area contributed by atoms with E-state index in [0.717, 1.165) is 5.69 Å². The molecule has 1 N–H and O–H groups in total. The van der Waals surface area contributed by atoms with Crippen LogP contribution in [0.4, 0.5) is 5.13 Å². The van der Waals surface area contributed by atoms with Gasteiger partial charge in [-0.15, -0.1) is 22.9 Å². The van der Waals surface area contributed by atoms with Crippen LogP contribution in [-0.4, -0.2) is 10.9 Å². The van der Waals surface area contributed by atoms with Crippen LogP contribution >= 0.6 is 22.9 Å². The van der Waals surface area contributed by atoms with Gasteiger partial charge in [-0.2, -0.15) is 0 Å². The third-order valence-electron chi connectivity index (χ3n) is 1.44. The fraction of sp³-hybridized carbons (Fsp3) is 0.500. The summed E-state index contributed by atoms with van der Waals surface area (Å²) in [6, 6.07) is 0. The lowest BCUT2D eigenvalue weighted by molar-refractivity contribution is -0.118. The van der Waals surface area contributed by atoms with Crippen LogP contribution in [0, 0.1) is 5.92 Å². The van der Waals surface area contributed by atoms with Gasteiger partial charge < -0.3 is 5.32 Å². The highest BCUT2D eigenvalue weighted by Crippen LogP contribution is 2.17.